The second-order valence-electron chi connectivity index (χ2n) is 4.98. The normalized spacial score (nSPS) is 11.5. The molecule has 0 aliphatic heterocycles. The summed E-state index contributed by atoms with van der Waals surface area (Å²) in [5.41, 5.74) is 3.65. The Morgan fingerprint density at radius 2 is 1.91 bits per heavy atom. The molecule has 0 aliphatic carbocycles. The van der Waals surface area contributed by atoms with Crippen LogP contribution >= 0.6 is 0 Å². The molecule has 2 aromatic carbocycles. The van der Waals surface area contributed by atoms with Gasteiger partial charge in [-0.2, -0.15) is 5.26 Å². The van der Waals surface area contributed by atoms with Crippen LogP contribution in [-0.2, 0) is 16.1 Å². The maximum absolute atomic E-state index is 11.3. The summed E-state index contributed by atoms with van der Waals surface area (Å²) in [5.74, 6) is -0.278. The molecule has 0 aliphatic rings. The van der Waals surface area contributed by atoms with Crippen LogP contribution in [-0.4, -0.2) is 19.1 Å². The van der Waals surface area contributed by atoms with E-state index in [2.05, 4.69) is 16.1 Å². The number of nitrogens with zero attached hydrogens (tertiary/aromatic N) is 1. The molecule has 4 heteroatoms. The van der Waals surface area contributed by atoms with Crippen LogP contribution in [0.15, 0.2) is 48.5 Å². The largest absolute Gasteiger partial charge is 0.468 e. The molecule has 22 heavy (non-hydrogen) atoms. The molecule has 0 amide bonds. The fraction of sp³-hybridized carbons (Fsp3) is 0.222. The van der Waals surface area contributed by atoms with Gasteiger partial charge in [-0.05, 0) is 29.7 Å². The zero-order valence-corrected chi connectivity index (χ0v) is 12.7. The molecule has 2 rings (SSSR count). The minimum absolute atomic E-state index is 0.278. The molecular weight excluding hydrogens is 276 g/mol. The van der Waals surface area contributed by atoms with E-state index in [1.807, 2.05) is 48.5 Å². The molecule has 0 radical (unpaired) electrons. The van der Waals surface area contributed by atoms with Gasteiger partial charge in [-0.1, -0.05) is 42.5 Å². The lowest BCUT2D eigenvalue weighted by Crippen LogP contribution is -2.34. The average Bonchev–Trinajstić information content (AvgIpc) is 2.59. The zero-order chi connectivity index (χ0) is 15.9. The van der Waals surface area contributed by atoms with Crippen molar-refractivity contribution in [1.82, 2.24) is 5.32 Å². The van der Waals surface area contributed by atoms with Gasteiger partial charge in [-0.3, -0.25) is 4.79 Å². The molecule has 0 unspecified atom stereocenters. The molecule has 0 bridgehead atoms. The highest BCUT2D eigenvalue weighted by Gasteiger charge is 2.11. The van der Waals surface area contributed by atoms with Crippen molar-refractivity contribution < 1.29 is 9.53 Å². The van der Waals surface area contributed by atoms with Gasteiger partial charge >= 0.3 is 5.97 Å². The summed E-state index contributed by atoms with van der Waals surface area (Å²) in [6.07, 6.45) is 0. The third kappa shape index (κ3) is 3.72. The van der Waals surface area contributed by atoms with Crippen LogP contribution in [0.1, 0.15) is 18.1 Å². The van der Waals surface area contributed by atoms with Crippen LogP contribution in [0.4, 0.5) is 0 Å². The van der Waals surface area contributed by atoms with Gasteiger partial charge in [0, 0.05) is 6.54 Å². The maximum atomic E-state index is 11.3. The first-order valence-corrected chi connectivity index (χ1v) is 7.05. The van der Waals surface area contributed by atoms with E-state index in [1.54, 1.807) is 6.92 Å². The van der Waals surface area contributed by atoms with Crippen molar-refractivity contribution in [3.63, 3.8) is 0 Å². The summed E-state index contributed by atoms with van der Waals surface area (Å²) in [4.78, 5) is 11.3. The SMILES string of the molecule is COC(=O)[C@H](C)NCc1ccc(-c2ccccc2C#N)cc1. The van der Waals surface area contributed by atoms with E-state index in [-0.39, 0.29) is 12.0 Å². The Bertz CT molecular complexity index is 687. The topological polar surface area (TPSA) is 62.1 Å². The summed E-state index contributed by atoms with van der Waals surface area (Å²) >= 11 is 0. The van der Waals surface area contributed by atoms with E-state index in [4.69, 9.17) is 5.26 Å². The Morgan fingerprint density at radius 3 is 2.55 bits per heavy atom. The Hall–Kier alpha value is -2.64. The summed E-state index contributed by atoms with van der Waals surface area (Å²) in [5, 5.41) is 12.3. The first-order valence-electron chi connectivity index (χ1n) is 7.05. The molecule has 0 fully saturated rings. The Labute approximate surface area is 130 Å². The van der Waals surface area contributed by atoms with Gasteiger partial charge in [0.15, 0.2) is 0 Å². The predicted octanol–water partition coefficient (Wildman–Crippen LogP) is 2.88. The Kier molecular flexibility index (Phi) is 5.29. The number of carbonyl (C=O) groups excluding carboxylic acids is 1. The van der Waals surface area contributed by atoms with Gasteiger partial charge in [0.1, 0.15) is 6.04 Å². The van der Waals surface area contributed by atoms with Crippen molar-refractivity contribution in [2.45, 2.75) is 19.5 Å². The lowest BCUT2D eigenvalue weighted by atomic mass is 9.99. The van der Waals surface area contributed by atoms with E-state index in [1.165, 1.54) is 7.11 Å². The molecule has 0 saturated carbocycles. The average molecular weight is 294 g/mol. The maximum Gasteiger partial charge on any atom is 0.322 e. The van der Waals surface area contributed by atoms with Crippen LogP contribution in [0, 0.1) is 11.3 Å². The molecular formula is C18H18N2O2. The van der Waals surface area contributed by atoms with Gasteiger partial charge < -0.3 is 10.1 Å². The van der Waals surface area contributed by atoms with Crippen LogP contribution in [0.5, 0.6) is 0 Å². The lowest BCUT2D eigenvalue weighted by Gasteiger charge is -2.12. The van der Waals surface area contributed by atoms with Crippen LogP contribution < -0.4 is 5.32 Å². The van der Waals surface area contributed by atoms with Crippen LogP contribution in [0.2, 0.25) is 0 Å². The van der Waals surface area contributed by atoms with Gasteiger partial charge in [-0.25, -0.2) is 0 Å². The molecule has 0 spiro atoms. The molecule has 1 atom stereocenters. The van der Waals surface area contributed by atoms with Crippen LogP contribution in [0.3, 0.4) is 0 Å². The summed E-state index contributed by atoms with van der Waals surface area (Å²) in [6, 6.07) is 17.3. The van der Waals surface area contributed by atoms with E-state index >= 15 is 0 Å². The minimum Gasteiger partial charge on any atom is -0.468 e. The molecule has 112 valence electrons. The highest BCUT2D eigenvalue weighted by atomic mass is 16.5. The highest BCUT2D eigenvalue weighted by molar-refractivity contribution is 5.75. The molecule has 0 saturated heterocycles. The first-order chi connectivity index (χ1) is 10.7. The third-order valence-corrected chi connectivity index (χ3v) is 3.48. The van der Waals surface area contributed by atoms with E-state index in [0.29, 0.717) is 12.1 Å². The zero-order valence-electron chi connectivity index (χ0n) is 12.7. The standard InChI is InChI=1S/C18H18N2O2/c1-13(18(21)22-2)20-12-14-7-9-15(10-8-14)17-6-4-3-5-16(17)11-19/h3-10,13,20H,12H2,1-2H3/t13-/m0/s1. The monoisotopic (exact) mass is 294 g/mol. The van der Waals surface area contributed by atoms with E-state index in [0.717, 1.165) is 16.7 Å². The van der Waals surface area contributed by atoms with Gasteiger partial charge in [0.05, 0.1) is 18.7 Å². The Morgan fingerprint density at radius 1 is 1.23 bits per heavy atom. The minimum atomic E-state index is -0.344. The van der Waals surface area contributed by atoms with Crippen molar-refractivity contribution in [2.24, 2.45) is 0 Å². The summed E-state index contributed by atoms with van der Waals surface area (Å²) < 4.78 is 4.67. The summed E-state index contributed by atoms with van der Waals surface area (Å²) in [6.45, 7) is 2.35. The predicted molar refractivity (Wildman–Crippen MR) is 84.9 cm³/mol. The number of benzene rings is 2. The molecule has 0 heterocycles. The number of nitriles is 1. The van der Waals surface area contributed by atoms with Crippen molar-refractivity contribution in [3.05, 3.63) is 59.7 Å². The fourth-order valence-electron chi connectivity index (χ4n) is 2.17. The van der Waals surface area contributed by atoms with Gasteiger partial charge in [0.2, 0.25) is 0 Å². The second-order valence-corrected chi connectivity index (χ2v) is 4.98. The van der Waals surface area contributed by atoms with Gasteiger partial charge in [0.25, 0.3) is 0 Å². The number of esters is 1. The van der Waals surface area contributed by atoms with Crippen molar-refractivity contribution in [3.8, 4) is 17.2 Å². The number of hydrogen-bond donors (Lipinski definition) is 1. The Balaban J connectivity index is 2.08. The number of methoxy groups -OCH3 is 1. The molecule has 1 N–H and O–H groups in total. The smallest absolute Gasteiger partial charge is 0.322 e. The first kappa shape index (κ1) is 15.7. The quantitative estimate of drug-likeness (QED) is 0.861. The third-order valence-electron chi connectivity index (χ3n) is 3.48. The molecule has 0 aromatic heterocycles. The number of rotatable bonds is 5. The fourth-order valence-corrected chi connectivity index (χ4v) is 2.17. The molecule has 2 aromatic rings. The second kappa shape index (κ2) is 7.39. The van der Waals surface area contributed by atoms with Crippen molar-refractivity contribution in [1.29, 1.82) is 5.26 Å². The van der Waals surface area contributed by atoms with E-state index in [9.17, 15) is 4.79 Å². The number of ether oxygens (including phenoxy) is 1. The highest BCUT2D eigenvalue weighted by Crippen LogP contribution is 2.23. The van der Waals surface area contributed by atoms with Crippen LogP contribution in [0.25, 0.3) is 11.1 Å². The van der Waals surface area contributed by atoms with Crippen molar-refractivity contribution >= 4 is 5.97 Å². The molecule has 4 nitrogen and oxygen atoms in total. The number of hydrogen-bond acceptors (Lipinski definition) is 4. The number of nitrogens with one attached hydrogen (secondary N) is 1. The van der Waals surface area contributed by atoms with Crippen molar-refractivity contribution in [2.75, 3.05) is 7.11 Å². The number of carbonyl (C=O) groups is 1. The summed E-state index contributed by atoms with van der Waals surface area (Å²) in [7, 11) is 1.38. The van der Waals surface area contributed by atoms with Gasteiger partial charge in [-0.15, -0.1) is 0 Å². The van der Waals surface area contributed by atoms with E-state index < -0.39 is 0 Å². The lowest BCUT2D eigenvalue weighted by molar-refractivity contribution is -0.142.